The van der Waals surface area contributed by atoms with Crippen molar-refractivity contribution in [2.75, 3.05) is 13.7 Å². The van der Waals surface area contributed by atoms with E-state index in [0.717, 1.165) is 19.4 Å². The quantitative estimate of drug-likeness (QED) is 0.785. The van der Waals surface area contributed by atoms with E-state index in [4.69, 9.17) is 10.5 Å². The topological polar surface area (TPSA) is 72.6 Å². The van der Waals surface area contributed by atoms with Gasteiger partial charge in [0.1, 0.15) is 0 Å². The van der Waals surface area contributed by atoms with Crippen LogP contribution in [0, 0.1) is 0 Å². The zero-order valence-corrected chi connectivity index (χ0v) is 13.6. The summed E-state index contributed by atoms with van der Waals surface area (Å²) in [4.78, 5) is 22.2. The van der Waals surface area contributed by atoms with E-state index in [-0.39, 0.29) is 11.9 Å². The first-order valence-electron chi connectivity index (χ1n) is 7.07. The predicted molar refractivity (Wildman–Crippen MR) is 79.8 cm³/mol. The first-order valence-corrected chi connectivity index (χ1v) is 7.07. The molecule has 0 aliphatic carbocycles. The van der Waals surface area contributed by atoms with Crippen molar-refractivity contribution < 1.29 is 14.3 Å². The maximum atomic E-state index is 11.4. The number of likely N-dealkylation sites (tertiary alicyclic amines) is 1. The largest absolute Gasteiger partial charge is 0.471 e. The summed E-state index contributed by atoms with van der Waals surface area (Å²) in [6.45, 7) is 13.1. The molecule has 2 atom stereocenters. The lowest BCUT2D eigenvalue weighted by molar-refractivity contribution is -0.132. The molecule has 0 bridgehead atoms. The maximum absolute atomic E-state index is 11.4. The number of carbonyl (C=O) groups is 2. The molecule has 1 rings (SSSR count). The van der Waals surface area contributed by atoms with Gasteiger partial charge < -0.3 is 15.4 Å². The molecular weight excluding hydrogens is 244 g/mol. The summed E-state index contributed by atoms with van der Waals surface area (Å²) in [5, 5.41) is 0. The van der Waals surface area contributed by atoms with Crippen LogP contribution >= 0.6 is 0 Å². The van der Waals surface area contributed by atoms with E-state index in [2.05, 4.69) is 11.7 Å². The minimum absolute atomic E-state index is 0.0926. The molecule has 0 saturated carbocycles. The summed E-state index contributed by atoms with van der Waals surface area (Å²) in [7, 11) is 1.31. The van der Waals surface area contributed by atoms with Crippen molar-refractivity contribution in [2.45, 2.75) is 66.5 Å². The van der Waals surface area contributed by atoms with Crippen LogP contribution in [0.4, 0.5) is 0 Å². The Morgan fingerprint density at radius 1 is 1.37 bits per heavy atom. The van der Waals surface area contributed by atoms with Gasteiger partial charge in [0.2, 0.25) is 5.91 Å². The van der Waals surface area contributed by atoms with Crippen molar-refractivity contribution in [1.82, 2.24) is 4.90 Å². The molecule has 2 N–H and O–H groups in total. The fourth-order valence-corrected chi connectivity index (χ4v) is 1.52. The molecule has 0 spiro atoms. The molecule has 1 unspecified atom stereocenters. The molecule has 1 aliphatic rings. The Bertz CT molecular complexity index is 209. The van der Waals surface area contributed by atoms with Crippen molar-refractivity contribution >= 4 is 12.4 Å². The first-order chi connectivity index (χ1) is 9.04. The van der Waals surface area contributed by atoms with E-state index in [1.165, 1.54) is 7.11 Å². The molecule has 19 heavy (non-hydrogen) atoms. The Labute approximate surface area is 118 Å². The minimum atomic E-state index is -0.337. The van der Waals surface area contributed by atoms with Crippen LogP contribution in [0.2, 0.25) is 0 Å². The molecule has 1 amide bonds. The summed E-state index contributed by atoms with van der Waals surface area (Å²) in [6, 6.07) is 0.0593. The zero-order valence-electron chi connectivity index (χ0n) is 13.6. The van der Waals surface area contributed by atoms with Crippen LogP contribution in [0.3, 0.4) is 0 Å². The number of hydrogen-bond donors (Lipinski definition) is 1. The van der Waals surface area contributed by atoms with Gasteiger partial charge in [-0.05, 0) is 26.7 Å². The third-order valence-electron chi connectivity index (χ3n) is 2.32. The minimum Gasteiger partial charge on any atom is -0.471 e. The molecule has 1 heterocycles. The van der Waals surface area contributed by atoms with Gasteiger partial charge in [-0.1, -0.05) is 27.7 Å². The summed E-state index contributed by atoms with van der Waals surface area (Å²) in [5.74, 6) is 0.0926. The number of methoxy groups -OCH3 is 1. The zero-order chi connectivity index (χ0) is 15.8. The molecule has 1 fully saturated rings. The van der Waals surface area contributed by atoms with E-state index >= 15 is 0 Å². The van der Waals surface area contributed by atoms with Gasteiger partial charge >= 0.3 is 0 Å². The third-order valence-corrected chi connectivity index (χ3v) is 2.32. The van der Waals surface area contributed by atoms with Crippen LogP contribution < -0.4 is 5.73 Å². The molecule has 5 heteroatoms. The van der Waals surface area contributed by atoms with Crippen LogP contribution in [-0.2, 0) is 14.3 Å². The van der Waals surface area contributed by atoms with Crippen molar-refractivity contribution in [3.05, 3.63) is 0 Å². The number of rotatable bonds is 2. The number of hydrogen-bond acceptors (Lipinski definition) is 4. The van der Waals surface area contributed by atoms with E-state index in [1.54, 1.807) is 6.92 Å². The van der Waals surface area contributed by atoms with Gasteiger partial charge in [0.15, 0.2) is 0 Å². The normalized spacial score (nSPS) is 17.5. The van der Waals surface area contributed by atoms with Crippen LogP contribution in [0.1, 0.15) is 54.4 Å². The Morgan fingerprint density at radius 2 is 1.79 bits per heavy atom. The van der Waals surface area contributed by atoms with Gasteiger partial charge in [0.05, 0.1) is 13.2 Å². The SMILES string of the molecule is CC.CC.CC1CCCN1C(=O)[C@H](C)N.COC=O. The van der Waals surface area contributed by atoms with E-state index in [1.807, 2.05) is 32.6 Å². The van der Waals surface area contributed by atoms with Gasteiger partial charge in [-0.25, -0.2) is 0 Å². The third kappa shape index (κ3) is 11.7. The standard InChI is InChI=1S/C8H16N2O.C2H4O2.2C2H6/c1-6-4-3-5-10(6)8(11)7(2)9;1-4-2-3;2*1-2/h6-7H,3-5,9H2,1-2H3;2H,1H3;2*1-2H3/t6?,7-;;;/m0.../s1. The first kappa shape index (κ1) is 23.0. The molecule has 0 aromatic carbocycles. The van der Waals surface area contributed by atoms with Gasteiger partial charge in [0.25, 0.3) is 6.47 Å². The van der Waals surface area contributed by atoms with Crippen molar-refractivity contribution in [3.63, 3.8) is 0 Å². The van der Waals surface area contributed by atoms with Gasteiger partial charge in [-0.2, -0.15) is 0 Å². The highest BCUT2D eigenvalue weighted by molar-refractivity contribution is 5.81. The molecule has 5 nitrogen and oxygen atoms in total. The number of ether oxygens (including phenoxy) is 1. The molecular formula is C14H32N2O3. The smallest absolute Gasteiger partial charge is 0.292 e. The highest BCUT2D eigenvalue weighted by atomic mass is 16.5. The number of nitrogens with zero attached hydrogens (tertiary/aromatic N) is 1. The highest BCUT2D eigenvalue weighted by Crippen LogP contribution is 2.16. The summed E-state index contributed by atoms with van der Waals surface area (Å²) in [5.41, 5.74) is 5.49. The second-order valence-electron chi connectivity index (χ2n) is 3.64. The predicted octanol–water partition coefficient (Wildman–Crippen LogP) is 2.19. The number of amides is 1. The van der Waals surface area contributed by atoms with E-state index in [0.29, 0.717) is 12.5 Å². The Hall–Kier alpha value is -1.10. The van der Waals surface area contributed by atoms with Crippen molar-refractivity contribution in [1.29, 1.82) is 0 Å². The van der Waals surface area contributed by atoms with Crippen molar-refractivity contribution in [2.24, 2.45) is 5.73 Å². The van der Waals surface area contributed by atoms with Crippen LogP contribution in [0.5, 0.6) is 0 Å². The lowest BCUT2D eigenvalue weighted by Crippen LogP contribution is -2.43. The van der Waals surface area contributed by atoms with Crippen molar-refractivity contribution in [3.8, 4) is 0 Å². The Kier molecular flexibility index (Phi) is 20.5. The summed E-state index contributed by atoms with van der Waals surface area (Å²) in [6.07, 6.45) is 2.25. The van der Waals surface area contributed by atoms with Gasteiger partial charge in [-0.3, -0.25) is 9.59 Å². The second kappa shape index (κ2) is 16.9. The molecule has 0 radical (unpaired) electrons. The van der Waals surface area contributed by atoms with E-state index in [9.17, 15) is 4.79 Å². The van der Waals surface area contributed by atoms with Gasteiger partial charge in [-0.15, -0.1) is 0 Å². The average molecular weight is 276 g/mol. The molecule has 116 valence electrons. The van der Waals surface area contributed by atoms with Crippen LogP contribution in [0.25, 0.3) is 0 Å². The lowest BCUT2D eigenvalue weighted by atomic mass is 10.2. The monoisotopic (exact) mass is 276 g/mol. The van der Waals surface area contributed by atoms with Gasteiger partial charge in [0, 0.05) is 12.6 Å². The number of carbonyl (C=O) groups excluding carboxylic acids is 2. The maximum Gasteiger partial charge on any atom is 0.292 e. The highest BCUT2D eigenvalue weighted by Gasteiger charge is 2.26. The fourth-order valence-electron chi connectivity index (χ4n) is 1.52. The van der Waals surface area contributed by atoms with E-state index < -0.39 is 0 Å². The summed E-state index contributed by atoms with van der Waals surface area (Å²) >= 11 is 0. The molecule has 1 aliphatic heterocycles. The van der Waals surface area contributed by atoms with Crippen LogP contribution in [-0.4, -0.2) is 43.0 Å². The Balaban J connectivity index is -0.000000271. The Morgan fingerprint density at radius 3 is 2.00 bits per heavy atom. The molecule has 0 aromatic rings. The van der Waals surface area contributed by atoms with Crippen LogP contribution in [0.15, 0.2) is 0 Å². The second-order valence-corrected chi connectivity index (χ2v) is 3.64. The molecule has 0 aromatic heterocycles. The summed E-state index contributed by atoms with van der Waals surface area (Å²) < 4.78 is 3.86. The average Bonchev–Trinajstić information content (AvgIpc) is 2.88. The molecule has 1 saturated heterocycles. The fraction of sp³-hybridized carbons (Fsp3) is 0.857. The lowest BCUT2D eigenvalue weighted by Gasteiger charge is -2.23. The number of nitrogens with two attached hydrogens (primary N) is 1.